The molecule has 0 saturated carbocycles. The highest BCUT2D eigenvalue weighted by Crippen LogP contribution is 2.49. The van der Waals surface area contributed by atoms with Gasteiger partial charge < -0.3 is 4.90 Å². The minimum atomic E-state index is 1.13. The van der Waals surface area contributed by atoms with Crippen molar-refractivity contribution in [2.75, 3.05) is 4.90 Å². The third-order valence-electron chi connectivity index (χ3n) is 10.6. The molecule has 0 unspecified atom stereocenters. The second-order valence-corrected chi connectivity index (χ2v) is 15.8. The van der Waals surface area contributed by atoms with Crippen LogP contribution in [0.25, 0.3) is 84.1 Å². The van der Waals surface area contributed by atoms with E-state index in [0.29, 0.717) is 0 Å². The Morgan fingerprint density at radius 3 is 1.81 bits per heavy atom. The fourth-order valence-corrected chi connectivity index (χ4v) is 10.6. The molecule has 0 radical (unpaired) electrons. The summed E-state index contributed by atoms with van der Waals surface area (Å²) in [6, 6.07) is 69.4. The third kappa shape index (κ3) is 4.89. The predicted molar refractivity (Wildman–Crippen MR) is 233 cm³/mol. The molecule has 0 fully saturated rings. The molecule has 2 aromatic heterocycles. The highest BCUT2D eigenvalue weighted by molar-refractivity contribution is 7.26. The summed E-state index contributed by atoms with van der Waals surface area (Å²) in [5.41, 5.74) is 8.31. The van der Waals surface area contributed by atoms with Gasteiger partial charge in [-0.15, -0.1) is 22.7 Å². The Balaban J connectivity index is 1.27. The van der Waals surface area contributed by atoms with Crippen LogP contribution in [0.1, 0.15) is 0 Å². The largest absolute Gasteiger partial charge is 0.309 e. The lowest BCUT2D eigenvalue weighted by molar-refractivity contribution is 1.32. The highest BCUT2D eigenvalue weighted by Gasteiger charge is 2.23. The zero-order valence-corrected chi connectivity index (χ0v) is 30.3. The molecule has 0 aliphatic rings. The van der Waals surface area contributed by atoms with Crippen LogP contribution in [0.3, 0.4) is 0 Å². The highest BCUT2D eigenvalue weighted by atomic mass is 32.1. The number of nitrogens with zero attached hydrogens (tertiary/aromatic N) is 1. The van der Waals surface area contributed by atoms with Crippen LogP contribution in [0.4, 0.5) is 17.1 Å². The van der Waals surface area contributed by atoms with Gasteiger partial charge in [-0.3, -0.25) is 0 Å². The molecule has 11 aromatic rings. The molecule has 0 saturated heterocycles. The van der Waals surface area contributed by atoms with Crippen molar-refractivity contribution in [3.05, 3.63) is 188 Å². The lowest BCUT2D eigenvalue weighted by Crippen LogP contribution is -2.11. The SMILES string of the molecule is c1ccc(-c2cc(-c3cccc4c3sc3ccccc34)cc(N(c3cc4ccccc4c4ccccc34)c3cccc4sc5ccccc5c34)c2)cc1. The molecule has 0 N–H and O–H groups in total. The first-order valence-corrected chi connectivity index (χ1v) is 19.6. The van der Waals surface area contributed by atoms with E-state index in [1.54, 1.807) is 0 Å². The van der Waals surface area contributed by atoms with Gasteiger partial charge in [0.25, 0.3) is 0 Å². The van der Waals surface area contributed by atoms with E-state index in [-0.39, 0.29) is 0 Å². The van der Waals surface area contributed by atoms with E-state index >= 15 is 0 Å². The van der Waals surface area contributed by atoms with E-state index < -0.39 is 0 Å². The van der Waals surface area contributed by atoms with E-state index in [2.05, 4.69) is 193 Å². The standard InChI is InChI=1S/C50H31NS2/c1-2-14-32(15-3-1)34-28-35(38-22-12-23-42-41-20-8-10-25-46(41)53-50(38)42)30-36(29-34)51(44-24-13-27-48-49(44)43-21-9-11-26-47(43)52-48)45-31-33-16-4-5-17-37(33)39-18-6-7-19-40(39)45/h1-31H. The van der Waals surface area contributed by atoms with Gasteiger partial charge in [0.1, 0.15) is 0 Å². The van der Waals surface area contributed by atoms with Gasteiger partial charge in [-0.25, -0.2) is 0 Å². The van der Waals surface area contributed by atoms with Crippen LogP contribution in [0.5, 0.6) is 0 Å². The van der Waals surface area contributed by atoms with Gasteiger partial charge in [0.15, 0.2) is 0 Å². The van der Waals surface area contributed by atoms with Crippen molar-refractivity contribution in [3.8, 4) is 22.3 Å². The number of hydrogen-bond acceptors (Lipinski definition) is 3. The number of fused-ring (bicyclic) bond motifs is 9. The molecule has 3 heteroatoms. The Labute approximate surface area is 315 Å². The molecular weight excluding hydrogens is 679 g/mol. The van der Waals surface area contributed by atoms with Gasteiger partial charge in [-0.05, 0) is 86.9 Å². The average molecular weight is 710 g/mol. The number of benzene rings is 9. The zero-order valence-electron chi connectivity index (χ0n) is 28.7. The van der Waals surface area contributed by atoms with Crippen LogP contribution < -0.4 is 4.90 Å². The van der Waals surface area contributed by atoms with E-state index in [0.717, 1.165) is 5.69 Å². The van der Waals surface area contributed by atoms with Gasteiger partial charge >= 0.3 is 0 Å². The van der Waals surface area contributed by atoms with Crippen molar-refractivity contribution >= 4 is 102 Å². The number of anilines is 3. The van der Waals surface area contributed by atoms with Gasteiger partial charge in [-0.1, -0.05) is 140 Å². The molecule has 11 rings (SSSR count). The van der Waals surface area contributed by atoms with Gasteiger partial charge in [-0.2, -0.15) is 0 Å². The molecule has 0 atom stereocenters. The number of hydrogen-bond donors (Lipinski definition) is 0. The Bertz CT molecular complexity index is 3190. The normalized spacial score (nSPS) is 11.8. The summed E-state index contributed by atoms with van der Waals surface area (Å²) < 4.78 is 5.22. The van der Waals surface area contributed by atoms with Crippen molar-refractivity contribution in [2.45, 2.75) is 0 Å². The average Bonchev–Trinajstić information content (AvgIpc) is 3.80. The van der Waals surface area contributed by atoms with Gasteiger partial charge in [0.05, 0.1) is 11.4 Å². The van der Waals surface area contributed by atoms with Crippen LogP contribution in [0, 0.1) is 0 Å². The molecule has 248 valence electrons. The lowest BCUT2D eigenvalue weighted by atomic mass is 9.95. The summed E-state index contributed by atoms with van der Waals surface area (Å²) in [4.78, 5) is 2.54. The summed E-state index contributed by atoms with van der Waals surface area (Å²) in [7, 11) is 0. The molecule has 1 nitrogen and oxygen atoms in total. The molecule has 53 heavy (non-hydrogen) atoms. The first kappa shape index (κ1) is 30.4. The molecule has 0 aliphatic carbocycles. The maximum absolute atomic E-state index is 2.54. The summed E-state index contributed by atoms with van der Waals surface area (Å²) in [5, 5.41) is 10.2. The fraction of sp³-hybridized carbons (Fsp3) is 0. The molecule has 0 spiro atoms. The monoisotopic (exact) mass is 709 g/mol. The first-order valence-electron chi connectivity index (χ1n) is 18.0. The molecule has 2 heterocycles. The number of rotatable bonds is 5. The Morgan fingerprint density at radius 2 is 0.962 bits per heavy atom. The van der Waals surface area contributed by atoms with Gasteiger partial charge in [0.2, 0.25) is 0 Å². The topological polar surface area (TPSA) is 3.24 Å². The number of thiophene rings is 2. The quantitative estimate of drug-likeness (QED) is 0.161. The van der Waals surface area contributed by atoms with Crippen molar-refractivity contribution in [1.29, 1.82) is 0 Å². The maximum atomic E-state index is 2.54. The van der Waals surface area contributed by atoms with E-state index in [4.69, 9.17) is 0 Å². The molecule has 0 aliphatic heterocycles. The molecule has 9 aromatic carbocycles. The van der Waals surface area contributed by atoms with Crippen LogP contribution in [0.15, 0.2) is 188 Å². The Hall–Kier alpha value is -6.26. The van der Waals surface area contributed by atoms with Crippen LogP contribution in [-0.4, -0.2) is 0 Å². The predicted octanol–water partition coefficient (Wildman–Crippen LogP) is 15.5. The van der Waals surface area contributed by atoms with Crippen molar-refractivity contribution in [1.82, 2.24) is 0 Å². The zero-order chi connectivity index (χ0) is 34.9. The molecular formula is C50H31NS2. The first-order chi connectivity index (χ1) is 26.3. The maximum Gasteiger partial charge on any atom is 0.0555 e. The van der Waals surface area contributed by atoms with Crippen LogP contribution in [0.2, 0.25) is 0 Å². The molecule has 0 bridgehead atoms. The van der Waals surface area contributed by atoms with Crippen LogP contribution in [-0.2, 0) is 0 Å². The van der Waals surface area contributed by atoms with Crippen molar-refractivity contribution < 1.29 is 0 Å². The van der Waals surface area contributed by atoms with Crippen LogP contribution >= 0.6 is 22.7 Å². The second-order valence-electron chi connectivity index (χ2n) is 13.7. The minimum Gasteiger partial charge on any atom is -0.309 e. The molecule has 0 amide bonds. The van der Waals surface area contributed by atoms with Crippen molar-refractivity contribution in [2.24, 2.45) is 0 Å². The van der Waals surface area contributed by atoms with E-state index in [9.17, 15) is 0 Å². The van der Waals surface area contributed by atoms with E-state index in [1.165, 1.54) is 95.5 Å². The summed E-state index contributed by atoms with van der Waals surface area (Å²) in [5.74, 6) is 0. The van der Waals surface area contributed by atoms with E-state index in [1.807, 2.05) is 22.7 Å². The lowest BCUT2D eigenvalue weighted by Gasteiger charge is -2.29. The summed E-state index contributed by atoms with van der Waals surface area (Å²) in [6.07, 6.45) is 0. The Kier molecular flexibility index (Phi) is 6.97. The van der Waals surface area contributed by atoms with Gasteiger partial charge in [0, 0.05) is 51.4 Å². The third-order valence-corrected chi connectivity index (χ3v) is 13.0. The smallest absolute Gasteiger partial charge is 0.0555 e. The van der Waals surface area contributed by atoms with Crippen molar-refractivity contribution in [3.63, 3.8) is 0 Å². The second kappa shape index (κ2) is 12.2. The summed E-state index contributed by atoms with van der Waals surface area (Å²) in [6.45, 7) is 0. The Morgan fingerprint density at radius 1 is 0.340 bits per heavy atom. The fourth-order valence-electron chi connectivity index (χ4n) is 8.24. The minimum absolute atomic E-state index is 1.13. The summed E-state index contributed by atoms with van der Waals surface area (Å²) >= 11 is 3.76.